The number of carbonyl (C=O) groups is 1. The summed E-state index contributed by atoms with van der Waals surface area (Å²) >= 11 is 6.57. The third-order valence-corrected chi connectivity index (χ3v) is 7.29. The summed E-state index contributed by atoms with van der Waals surface area (Å²) in [6, 6.07) is 14.7. The first-order chi connectivity index (χ1) is 14.3. The van der Waals surface area contributed by atoms with Crippen LogP contribution in [0.4, 0.5) is 0 Å². The number of hydrogen-bond acceptors (Lipinski definition) is 6. The topological polar surface area (TPSA) is 118 Å². The lowest BCUT2D eigenvalue weighted by Gasteiger charge is -2.08. The second kappa shape index (κ2) is 7.56. The largest absolute Gasteiger partial charge is 0.333 e. The van der Waals surface area contributed by atoms with Crippen molar-refractivity contribution in [1.82, 2.24) is 14.3 Å². The normalized spacial score (nSPS) is 11.5. The third kappa shape index (κ3) is 3.67. The van der Waals surface area contributed by atoms with Crippen LogP contribution in [0, 0.1) is 0 Å². The summed E-state index contributed by atoms with van der Waals surface area (Å²) in [5, 5.41) is 0.333. The molecule has 0 saturated heterocycles. The van der Waals surface area contributed by atoms with E-state index in [0.717, 1.165) is 15.9 Å². The van der Waals surface area contributed by atoms with Crippen molar-refractivity contribution in [3.63, 3.8) is 0 Å². The highest BCUT2D eigenvalue weighted by Crippen LogP contribution is 2.25. The standard InChI is InChI=1S/C19H12ClN3O5S2/c20-15-9-10-16(29-15)30(27,28)22-17(24)11-5-7-12(8-6-11)23-18(25)13-3-1-2-4-14(13)21-19(23)26/h1-10H,(H,21,26)(H,22,24). The maximum absolute atomic E-state index is 12.7. The maximum Gasteiger partial charge on any atom is 0.333 e. The Balaban J connectivity index is 1.65. The van der Waals surface area contributed by atoms with Crippen LogP contribution >= 0.6 is 22.9 Å². The Labute approximate surface area is 178 Å². The number of para-hydroxylation sites is 1. The predicted molar refractivity (Wildman–Crippen MR) is 114 cm³/mol. The first-order valence-electron chi connectivity index (χ1n) is 8.43. The van der Waals surface area contributed by atoms with E-state index < -0.39 is 27.2 Å². The number of carbonyl (C=O) groups excluding carboxylic acids is 1. The van der Waals surface area contributed by atoms with E-state index >= 15 is 0 Å². The monoisotopic (exact) mass is 461 g/mol. The average Bonchev–Trinajstić information content (AvgIpc) is 3.15. The number of aromatic amines is 1. The highest BCUT2D eigenvalue weighted by atomic mass is 35.5. The molecule has 11 heteroatoms. The van der Waals surface area contributed by atoms with E-state index in [1.54, 1.807) is 24.3 Å². The molecule has 0 atom stereocenters. The quantitative estimate of drug-likeness (QED) is 0.484. The molecule has 2 aromatic heterocycles. The predicted octanol–water partition coefficient (Wildman–Crippen LogP) is 2.51. The molecule has 8 nitrogen and oxygen atoms in total. The first kappa shape index (κ1) is 20.1. The molecule has 2 aromatic carbocycles. The summed E-state index contributed by atoms with van der Waals surface area (Å²) in [6.45, 7) is 0. The Morgan fingerprint density at radius 2 is 1.70 bits per heavy atom. The Morgan fingerprint density at radius 1 is 1.00 bits per heavy atom. The zero-order valence-electron chi connectivity index (χ0n) is 15.0. The molecule has 0 saturated carbocycles. The lowest BCUT2D eigenvalue weighted by Crippen LogP contribution is -2.33. The minimum Gasteiger partial charge on any atom is -0.306 e. The van der Waals surface area contributed by atoms with Gasteiger partial charge in [-0.05, 0) is 48.5 Å². The van der Waals surface area contributed by atoms with Gasteiger partial charge in [-0.1, -0.05) is 23.7 Å². The molecular weight excluding hydrogens is 450 g/mol. The van der Waals surface area contributed by atoms with Gasteiger partial charge >= 0.3 is 5.69 Å². The van der Waals surface area contributed by atoms with Gasteiger partial charge in [0.2, 0.25) is 0 Å². The minimum atomic E-state index is -4.06. The van der Waals surface area contributed by atoms with E-state index in [4.69, 9.17) is 11.6 Å². The van der Waals surface area contributed by atoms with Gasteiger partial charge in [0, 0.05) is 5.56 Å². The number of nitrogens with one attached hydrogen (secondary N) is 2. The molecule has 0 unspecified atom stereocenters. The molecule has 4 aromatic rings. The fraction of sp³-hybridized carbons (Fsp3) is 0. The third-order valence-electron chi connectivity index (χ3n) is 4.23. The molecule has 2 N–H and O–H groups in total. The number of aromatic nitrogens is 2. The van der Waals surface area contributed by atoms with E-state index in [0.29, 0.717) is 10.9 Å². The summed E-state index contributed by atoms with van der Waals surface area (Å²) in [4.78, 5) is 40.0. The van der Waals surface area contributed by atoms with Gasteiger partial charge in [0.05, 0.1) is 20.9 Å². The van der Waals surface area contributed by atoms with Gasteiger partial charge in [-0.15, -0.1) is 11.3 Å². The number of rotatable bonds is 4. The van der Waals surface area contributed by atoms with E-state index in [1.807, 2.05) is 4.72 Å². The van der Waals surface area contributed by atoms with Crippen molar-refractivity contribution in [2.24, 2.45) is 0 Å². The Kier molecular flexibility index (Phi) is 5.06. The number of H-pyrrole nitrogens is 1. The Morgan fingerprint density at radius 3 is 2.37 bits per heavy atom. The first-order valence-corrected chi connectivity index (χ1v) is 11.1. The van der Waals surface area contributed by atoms with Gasteiger partial charge < -0.3 is 4.98 Å². The van der Waals surface area contributed by atoms with Crippen LogP contribution in [0.25, 0.3) is 16.6 Å². The molecule has 0 bridgehead atoms. The van der Waals surface area contributed by atoms with Gasteiger partial charge in [0.25, 0.3) is 21.5 Å². The Bertz CT molecular complexity index is 1500. The second-order valence-electron chi connectivity index (χ2n) is 6.16. The average molecular weight is 462 g/mol. The zero-order chi connectivity index (χ0) is 21.5. The SMILES string of the molecule is O=C(NS(=O)(=O)c1ccc(Cl)s1)c1ccc(-n2c(=O)[nH]c3ccccc3c2=O)cc1. The van der Waals surface area contributed by atoms with E-state index in [1.165, 1.54) is 36.4 Å². The van der Waals surface area contributed by atoms with Crippen LogP contribution in [0.5, 0.6) is 0 Å². The van der Waals surface area contributed by atoms with Gasteiger partial charge in [0.15, 0.2) is 0 Å². The molecule has 0 aliphatic heterocycles. The fourth-order valence-electron chi connectivity index (χ4n) is 2.83. The molecule has 30 heavy (non-hydrogen) atoms. The van der Waals surface area contributed by atoms with Crippen molar-refractivity contribution in [3.8, 4) is 5.69 Å². The number of benzene rings is 2. The van der Waals surface area contributed by atoms with Crippen molar-refractivity contribution in [1.29, 1.82) is 0 Å². The van der Waals surface area contributed by atoms with Crippen molar-refractivity contribution in [2.75, 3.05) is 0 Å². The van der Waals surface area contributed by atoms with Crippen molar-refractivity contribution >= 4 is 49.8 Å². The van der Waals surface area contributed by atoms with Gasteiger partial charge in [-0.2, -0.15) is 0 Å². The highest BCUT2D eigenvalue weighted by molar-refractivity contribution is 7.92. The lowest BCUT2D eigenvalue weighted by molar-refractivity contribution is 0.0981. The molecule has 0 aliphatic rings. The molecule has 2 heterocycles. The van der Waals surface area contributed by atoms with Gasteiger partial charge in [-0.25, -0.2) is 22.5 Å². The molecule has 0 radical (unpaired) electrons. The van der Waals surface area contributed by atoms with Crippen LogP contribution < -0.4 is 16.0 Å². The summed E-state index contributed by atoms with van der Waals surface area (Å²) in [5.41, 5.74) is -0.456. The maximum atomic E-state index is 12.7. The van der Waals surface area contributed by atoms with E-state index in [2.05, 4.69) is 4.98 Å². The van der Waals surface area contributed by atoms with E-state index in [9.17, 15) is 22.8 Å². The summed E-state index contributed by atoms with van der Waals surface area (Å²) in [7, 11) is -4.06. The highest BCUT2D eigenvalue weighted by Gasteiger charge is 2.21. The number of sulfonamides is 1. The molecule has 1 amide bonds. The van der Waals surface area contributed by atoms with Crippen molar-refractivity contribution < 1.29 is 13.2 Å². The van der Waals surface area contributed by atoms with Gasteiger partial charge in [-0.3, -0.25) is 9.59 Å². The van der Waals surface area contributed by atoms with Crippen LogP contribution in [0.2, 0.25) is 4.34 Å². The lowest BCUT2D eigenvalue weighted by atomic mass is 10.2. The van der Waals surface area contributed by atoms with Crippen LogP contribution in [-0.4, -0.2) is 23.9 Å². The molecule has 4 rings (SSSR count). The summed E-state index contributed by atoms with van der Waals surface area (Å²) in [6.07, 6.45) is 0. The summed E-state index contributed by atoms with van der Waals surface area (Å²) < 4.78 is 27.6. The molecule has 0 aliphatic carbocycles. The minimum absolute atomic E-state index is 0.0373. The Hall–Kier alpha value is -3.21. The smallest absolute Gasteiger partial charge is 0.306 e. The number of nitrogens with zero attached hydrogens (tertiary/aromatic N) is 1. The number of thiophene rings is 1. The number of halogens is 1. The van der Waals surface area contributed by atoms with Crippen molar-refractivity contribution in [3.05, 3.63) is 91.4 Å². The van der Waals surface area contributed by atoms with Crippen LogP contribution in [0.15, 0.2) is 74.5 Å². The van der Waals surface area contributed by atoms with Crippen LogP contribution in [0.1, 0.15) is 10.4 Å². The second-order valence-corrected chi connectivity index (χ2v) is 9.78. The number of hydrogen-bond donors (Lipinski definition) is 2. The fourth-order valence-corrected chi connectivity index (χ4v) is 5.29. The zero-order valence-corrected chi connectivity index (χ0v) is 17.3. The van der Waals surface area contributed by atoms with Crippen LogP contribution in [0.3, 0.4) is 0 Å². The molecule has 0 spiro atoms. The number of amides is 1. The van der Waals surface area contributed by atoms with E-state index in [-0.39, 0.29) is 19.8 Å². The number of fused-ring (bicyclic) bond motifs is 1. The molecule has 152 valence electrons. The van der Waals surface area contributed by atoms with Crippen LogP contribution in [-0.2, 0) is 10.0 Å². The van der Waals surface area contributed by atoms with Gasteiger partial charge in [0.1, 0.15) is 4.21 Å². The molecule has 0 fully saturated rings. The molecular formula is C19H12ClN3O5S2. The summed E-state index contributed by atoms with van der Waals surface area (Å²) in [5.74, 6) is -0.856. The van der Waals surface area contributed by atoms with Crippen molar-refractivity contribution in [2.45, 2.75) is 4.21 Å².